The zero-order valence-corrected chi connectivity index (χ0v) is 11.2. The van der Waals surface area contributed by atoms with Gasteiger partial charge in [-0.05, 0) is 23.8 Å². The van der Waals surface area contributed by atoms with Crippen LogP contribution < -0.4 is 4.74 Å². The first-order valence-corrected chi connectivity index (χ1v) is 7.00. The van der Waals surface area contributed by atoms with Crippen LogP contribution >= 0.6 is 10.2 Å². The van der Waals surface area contributed by atoms with Crippen LogP contribution in [-0.2, 0) is 9.53 Å². The summed E-state index contributed by atoms with van der Waals surface area (Å²) in [7, 11) is -8.21. The molecule has 0 aromatic heterocycles. The van der Waals surface area contributed by atoms with Gasteiger partial charge in [0.15, 0.2) is 4.91 Å². The summed E-state index contributed by atoms with van der Waals surface area (Å²) in [6, 6.07) is 4.74. The molecule has 1 aromatic carbocycles. The van der Waals surface area contributed by atoms with Gasteiger partial charge >= 0.3 is 16.2 Å². The second-order valence-corrected chi connectivity index (χ2v) is 6.12. The zero-order valence-electron chi connectivity index (χ0n) is 10.4. The van der Waals surface area contributed by atoms with Crippen molar-refractivity contribution in [2.24, 2.45) is 0 Å². The van der Waals surface area contributed by atoms with E-state index in [1.165, 1.54) is 19.2 Å². The van der Waals surface area contributed by atoms with Crippen LogP contribution in [0.15, 0.2) is 29.2 Å². The molecule has 0 aliphatic heterocycles. The van der Waals surface area contributed by atoms with E-state index in [-0.39, 0.29) is 11.6 Å². The average Bonchev–Trinajstić information content (AvgIpc) is 2.32. The third-order valence-corrected chi connectivity index (χ3v) is 3.33. The van der Waals surface area contributed by atoms with Crippen molar-refractivity contribution in [3.63, 3.8) is 0 Å². The summed E-state index contributed by atoms with van der Waals surface area (Å²) >= 11 is 0. The Morgan fingerprint density at radius 2 is 1.55 bits per heavy atom. The zero-order chi connectivity index (χ0) is 15.7. The third kappa shape index (κ3) is 4.12. The lowest BCUT2D eigenvalue weighted by atomic mass is 10.2. The summed E-state index contributed by atoms with van der Waals surface area (Å²) in [5.41, 5.74) is -0.237. The Balaban J connectivity index is 3.39. The molecular formula is C11H11F5O3S. The number of hydrogen-bond donors (Lipinski definition) is 0. The lowest BCUT2D eigenvalue weighted by molar-refractivity contribution is -0.135. The summed E-state index contributed by atoms with van der Waals surface area (Å²) in [5, 5.41) is 0. The molecule has 0 bridgehead atoms. The van der Waals surface area contributed by atoms with Gasteiger partial charge in [-0.3, -0.25) is 0 Å². The minimum absolute atomic E-state index is 0.0484. The second-order valence-electron chi connectivity index (χ2n) is 3.74. The molecular weight excluding hydrogens is 307 g/mol. The van der Waals surface area contributed by atoms with Crippen molar-refractivity contribution in [2.75, 3.05) is 14.2 Å². The number of carbonyl (C=O) groups is 1. The number of ether oxygens (including phenoxy) is 2. The van der Waals surface area contributed by atoms with Crippen molar-refractivity contribution >= 4 is 22.3 Å². The topological polar surface area (TPSA) is 35.5 Å². The Bertz CT molecular complexity index is 547. The molecule has 0 unspecified atom stereocenters. The van der Waals surface area contributed by atoms with Crippen LogP contribution in [0.25, 0.3) is 6.08 Å². The molecule has 20 heavy (non-hydrogen) atoms. The van der Waals surface area contributed by atoms with Gasteiger partial charge in [-0.2, -0.15) is 0 Å². The highest BCUT2D eigenvalue weighted by Crippen LogP contribution is 3.02. The summed E-state index contributed by atoms with van der Waals surface area (Å²) in [5.74, 6) is -1.81. The smallest absolute Gasteiger partial charge is 0.353 e. The van der Waals surface area contributed by atoms with Crippen molar-refractivity contribution in [3.8, 4) is 5.75 Å². The first-order valence-electron chi connectivity index (χ1n) is 5.05. The maximum Gasteiger partial charge on any atom is 0.353 e. The highest BCUT2D eigenvalue weighted by molar-refractivity contribution is 8.49. The van der Waals surface area contributed by atoms with E-state index in [2.05, 4.69) is 4.74 Å². The van der Waals surface area contributed by atoms with Gasteiger partial charge in [-0.25, -0.2) is 4.79 Å². The summed E-state index contributed by atoms with van der Waals surface area (Å²) in [6.07, 6.45) is 0.0484. The molecule has 114 valence electrons. The maximum atomic E-state index is 12.8. The van der Waals surface area contributed by atoms with Crippen LogP contribution in [0.5, 0.6) is 5.75 Å². The normalized spacial score (nSPS) is 16.1. The van der Waals surface area contributed by atoms with E-state index in [9.17, 15) is 24.2 Å². The van der Waals surface area contributed by atoms with E-state index >= 15 is 0 Å². The predicted octanol–water partition coefficient (Wildman–Crippen LogP) is 4.51. The van der Waals surface area contributed by atoms with E-state index in [1.54, 1.807) is 0 Å². The predicted molar refractivity (Wildman–Crippen MR) is 66.1 cm³/mol. The molecule has 0 aliphatic carbocycles. The fraction of sp³-hybridized carbons (Fsp3) is 0.182. The molecule has 0 saturated heterocycles. The number of carbonyl (C=O) groups excluding carboxylic acids is 1. The van der Waals surface area contributed by atoms with E-state index in [4.69, 9.17) is 4.74 Å². The Kier molecular flexibility index (Phi) is 3.56. The minimum Gasteiger partial charge on any atom is -0.497 e. The molecule has 0 spiro atoms. The SMILES string of the molecule is COC(=O)/C(=C\c1ccc(OC)cc1)S(F)(F)(F)(F)F. The van der Waals surface area contributed by atoms with Gasteiger partial charge in [0.2, 0.25) is 0 Å². The van der Waals surface area contributed by atoms with Crippen LogP contribution in [0, 0.1) is 0 Å². The maximum absolute atomic E-state index is 12.8. The van der Waals surface area contributed by atoms with Gasteiger partial charge in [0, 0.05) is 0 Å². The number of hydrogen-bond acceptors (Lipinski definition) is 3. The number of methoxy groups -OCH3 is 2. The van der Waals surface area contributed by atoms with Crippen LogP contribution in [-0.4, -0.2) is 20.2 Å². The molecule has 0 fully saturated rings. The Hall–Kier alpha value is -1.77. The monoisotopic (exact) mass is 318 g/mol. The Morgan fingerprint density at radius 1 is 1.05 bits per heavy atom. The van der Waals surface area contributed by atoms with Crippen molar-refractivity contribution in [3.05, 3.63) is 34.7 Å². The van der Waals surface area contributed by atoms with E-state index in [0.29, 0.717) is 12.9 Å². The molecule has 0 saturated carbocycles. The fourth-order valence-corrected chi connectivity index (χ4v) is 2.04. The molecule has 3 nitrogen and oxygen atoms in total. The first-order chi connectivity index (χ1) is 8.87. The molecule has 0 radical (unpaired) electrons. The molecule has 0 atom stereocenters. The molecule has 0 aliphatic rings. The molecule has 0 amide bonds. The lowest BCUT2D eigenvalue weighted by Crippen LogP contribution is -2.18. The Labute approximate surface area is 111 Å². The molecule has 0 N–H and O–H groups in total. The van der Waals surface area contributed by atoms with Gasteiger partial charge in [-0.1, -0.05) is 31.6 Å². The Morgan fingerprint density at radius 3 is 1.90 bits per heavy atom. The van der Waals surface area contributed by atoms with E-state index in [0.717, 1.165) is 12.1 Å². The highest BCUT2D eigenvalue weighted by atomic mass is 32.5. The minimum atomic E-state index is -10.1. The molecule has 9 heteroatoms. The van der Waals surface area contributed by atoms with Crippen LogP contribution in [0.2, 0.25) is 0 Å². The lowest BCUT2D eigenvalue weighted by Gasteiger charge is -2.40. The standard InChI is InChI=1S/C11H11F5O3S/c1-18-9-5-3-8(4-6-9)7-10(11(17)19-2)20(12,13,14,15)16/h3-7H,1-2H3/b10-7+. The first kappa shape index (κ1) is 16.3. The average molecular weight is 318 g/mol. The highest BCUT2D eigenvalue weighted by Gasteiger charge is 2.70. The van der Waals surface area contributed by atoms with Crippen LogP contribution in [0.3, 0.4) is 0 Å². The van der Waals surface area contributed by atoms with Gasteiger partial charge in [0.05, 0.1) is 14.2 Å². The summed E-state index contributed by atoms with van der Waals surface area (Å²) in [4.78, 5) is 8.41. The van der Waals surface area contributed by atoms with Crippen molar-refractivity contribution in [2.45, 2.75) is 0 Å². The fourth-order valence-electron chi connectivity index (χ4n) is 1.28. The van der Waals surface area contributed by atoms with Crippen LogP contribution in [0.4, 0.5) is 19.4 Å². The van der Waals surface area contributed by atoms with E-state index in [1.807, 2.05) is 0 Å². The van der Waals surface area contributed by atoms with Gasteiger partial charge < -0.3 is 9.47 Å². The third-order valence-electron chi connectivity index (χ3n) is 2.22. The van der Waals surface area contributed by atoms with Crippen molar-refractivity contribution in [1.82, 2.24) is 0 Å². The van der Waals surface area contributed by atoms with Crippen molar-refractivity contribution < 1.29 is 33.7 Å². The van der Waals surface area contributed by atoms with Gasteiger partial charge in [0.25, 0.3) is 0 Å². The van der Waals surface area contributed by atoms with Crippen molar-refractivity contribution in [1.29, 1.82) is 0 Å². The number of esters is 1. The second kappa shape index (κ2) is 4.37. The summed E-state index contributed by atoms with van der Waals surface area (Å²) < 4.78 is 72.3. The van der Waals surface area contributed by atoms with E-state index < -0.39 is 21.1 Å². The molecule has 0 heterocycles. The molecule has 1 rings (SSSR count). The molecule has 1 aromatic rings. The van der Waals surface area contributed by atoms with Crippen LogP contribution in [0.1, 0.15) is 5.56 Å². The quantitative estimate of drug-likeness (QED) is 0.465. The number of halogens is 5. The van der Waals surface area contributed by atoms with Gasteiger partial charge in [-0.15, -0.1) is 0 Å². The summed E-state index contributed by atoms with van der Waals surface area (Å²) in [6.45, 7) is 0. The largest absolute Gasteiger partial charge is 0.497 e. The van der Waals surface area contributed by atoms with Gasteiger partial charge in [0.1, 0.15) is 5.75 Å². The number of rotatable bonds is 4. The number of benzene rings is 1.